The first-order valence-corrected chi connectivity index (χ1v) is 5.28. The van der Waals surface area contributed by atoms with E-state index in [4.69, 9.17) is 0 Å². The van der Waals surface area contributed by atoms with Crippen LogP contribution in [0.4, 0.5) is 0 Å². The van der Waals surface area contributed by atoms with E-state index in [1.807, 2.05) is 26.1 Å². The molecule has 0 unspecified atom stereocenters. The Balaban J connectivity index is 2.63. The lowest BCUT2D eigenvalue weighted by Crippen LogP contribution is -2.25. The van der Waals surface area contributed by atoms with Gasteiger partial charge in [0.15, 0.2) is 0 Å². The van der Waals surface area contributed by atoms with E-state index >= 15 is 0 Å². The summed E-state index contributed by atoms with van der Waals surface area (Å²) in [5.74, 6) is 0.430. The molecule has 0 atom stereocenters. The zero-order chi connectivity index (χ0) is 11.2. The maximum atomic E-state index is 9.89. The van der Waals surface area contributed by atoms with Crippen LogP contribution in [-0.2, 0) is 6.42 Å². The van der Waals surface area contributed by atoms with Gasteiger partial charge in [-0.3, -0.25) is 4.99 Å². The van der Waals surface area contributed by atoms with E-state index in [2.05, 4.69) is 18.8 Å². The Morgan fingerprint density at radius 3 is 2.67 bits per heavy atom. The van der Waals surface area contributed by atoms with Gasteiger partial charge in [0, 0.05) is 6.21 Å². The van der Waals surface area contributed by atoms with Gasteiger partial charge >= 0.3 is 0 Å². The smallest absolute Gasteiger partial charge is 0.121 e. The summed E-state index contributed by atoms with van der Waals surface area (Å²) < 4.78 is 0. The van der Waals surface area contributed by atoms with Crippen LogP contribution in [0, 0.1) is 13.8 Å². The number of phenolic OH excluding ortho intramolecular Hbond substituents is 1. The van der Waals surface area contributed by atoms with Crippen LogP contribution in [0.25, 0.3) is 0 Å². The second-order valence-corrected chi connectivity index (χ2v) is 4.98. The van der Waals surface area contributed by atoms with E-state index in [0.29, 0.717) is 5.75 Å². The molecular weight excluding hydrogens is 186 g/mol. The van der Waals surface area contributed by atoms with Gasteiger partial charge in [-0.25, -0.2) is 0 Å². The molecule has 0 aromatic heterocycles. The molecule has 0 amide bonds. The Kier molecular flexibility index (Phi) is 2.10. The molecule has 0 radical (unpaired) electrons. The van der Waals surface area contributed by atoms with E-state index in [1.54, 1.807) is 0 Å². The largest absolute Gasteiger partial charge is 0.507 e. The van der Waals surface area contributed by atoms with Crippen LogP contribution in [0.5, 0.6) is 5.75 Å². The molecule has 2 nitrogen and oxygen atoms in total. The monoisotopic (exact) mass is 203 g/mol. The maximum Gasteiger partial charge on any atom is 0.121 e. The minimum Gasteiger partial charge on any atom is -0.507 e. The Morgan fingerprint density at radius 1 is 1.33 bits per heavy atom. The molecule has 1 heterocycles. The fourth-order valence-electron chi connectivity index (χ4n) is 2.12. The van der Waals surface area contributed by atoms with E-state index < -0.39 is 0 Å². The molecule has 1 aliphatic rings. The van der Waals surface area contributed by atoms with Gasteiger partial charge in [0.25, 0.3) is 0 Å². The fraction of sp³-hybridized carbons (Fsp3) is 0.462. The SMILES string of the molecule is Cc1cc2c(c(C)c1O)CC(C)(C)N=C2. The minimum absolute atomic E-state index is 0.0422. The number of nitrogens with zero attached hydrogens (tertiary/aromatic N) is 1. The lowest BCUT2D eigenvalue weighted by atomic mass is 9.86. The van der Waals surface area contributed by atoms with Crippen LogP contribution >= 0.6 is 0 Å². The van der Waals surface area contributed by atoms with E-state index in [1.165, 1.54) is 5.56 Å². The average Bonchev–Trinajstić information content (AvgIpc) is 2.16. The van der Waals surface area contributed by atoms with Crippen LogP contribution in [0.15, 0.2) is 11.1 Å². The summed E-state index contributed by atoms with van der Waals surface area (Å²) in [4.78, 5) is 4.51. The molecule has 1 N–H and O–H groups in total. The third kappa shape index (κ3) is 1.65. The quantitative estimate of drug-likeness (QED) is 0.691. The average molecular weight is 203 g/mol. The highest BCUT2D eigenvalue weighted by atomic mass is 16.3. The molecule has 1 aliphatic heterocycles. The lowest BCUT2D eigenvalue weighted by Gasteiger charge is -2.27. The minimum atomic E-state index is -0.0422. The van der Waals surface area contributed by atoms with Crippen molar-refractivity contribution in [3.8, 4) is 5.75 Å². The first-order chi connectivity index (χ1) is 6.91. The van der Waals surface area contributed by atoms with Crippen molar-refractivity contribution in [1.82, 2.24) is 0 Å². The third-order valence-corrected chi connectivity index (χ3v) is 3.06. The molecule has 0 saturated carbocycles. The molecule has 15 heavy (non-hydrogen) atoms. The van der Waals surface area contributed by atoms with Gasteiger partial charge in [0.2, 0.25) is 0 Å². The second-order valence-electron chi connectivity index (χ2n) is 4.98. The number of aryl methyl sites for hydroxylation is 1. The molecule has 1 aromatic rings. The van der Waals surface area contributed by atoms with E-state index in [0.717, 1.165) is 23.1 Å². The fourth-order valence-corrected chi connectivity index (χ4v) is 2.12. The first kappa shape index (κ1) is 10.2. The van der Waals surface area contributed by atoms with Crippen molar-refractivity contribution in [2.75, 3.05) is 0 Å². The molecule has 0 saturated heterocycles. The van der Waals surface area contributed by atoms with E-state index in [9.17, 15) is 5.11 Å². The summed E-state index contributed by atoms with van der Waals surface area (Å²) in [6.45, 7) is 8.14. The van der Waals surface area contributed by atoms with Gasteiger partial charge in [-0.15, -0.1) is 0 Å². The van der Waals surface area contributed by atoms with Crippen molar-refractivity contribution in [2.24, 2.45) is 4.99 Å². The van der Waals surface area contributed by atoms with Crippen LogP contribution in [0.1, 0.15) is 36.1 Å². The van der Waals surface area contributed by atoms with Gasteiger partial charge in [-0.2, -0.15) is 0 Å². The summed E-state index contributed by atoms with van der Waals surface area (Å²) in [5.41, 5.74) is 4.28. The van der Waals surface area contributed by atoms with Crippen LogP contribution < -0.4 is 0 Å². The van der Waals surface area contributed by atoms with Crippen molar-refractivity contribution < 1.29 is 5.11 Å². The Labute approximate surface area is 90.7 Å². The van der Waals surface area contributed by atoms with Crippen molar-refractivity contribution in [3.63, 3.8) is 0 Å². The molecule has 0 spiro atoms. The summed E-state index contributed by atoms with van der Waals surface area (Å²) >= 11 is 0. The number of fused-ring (bicyclic) bond motifs is 1. The summed E-state index contributed by atoms with van der Waals surface area (Å²) in [7, 11) is 0. The molecular formula is C13H17NO. The van der Waals surface area contributed by atoms with Crippen molar-refractivity contribution in [2.45, 2.75) is 39.7 Å². The van der Waals surface area contributed by atoms with Gasteiger partial charge in [-0.1, -0.05) is 0 Å². The van der Waals surface area contributed by atoms with Crippen molar-refractivity contribution >= 4 is 6.21 Å². The van der Waals surface area contributed by atoms with Crippen molar-refractivity contribution in [1.29, 1.82) is 0 Å². The Morgan fingerprint density at radius 2 is 2.00 bits per heavy atom. The predicted molar refractivity (Wildman–Crippen MR) is 63.0 cm³/mol. The normalized spacial score (nSPS) is 17.6. The third-order valence-electron chi connectivity index (χ3n) is 3.06. The molecule has 0 aliphatic carbocycles. The highest BCUT2D eigenvalue weighted by molar-refractivity contribution is 5.85. The number of hydrogen-bond acceptors (Lipinski definition) is 2. The summed E-state index contributed by atoms with van der Waals surface area (Å²) in [6.07, 6.45) is 2.83. The van der Waals surface area contributed by atoms with Crippen LogP contribution in [0.3, 0.4) is 0 Å². The number of phenols is 1. The summed E-state index contributed by atoms with van der Waals surface area (Å²) in [5, 5.41) is 9.89. The first-order valence-electron chi connectivity index (χ1n) is 5.28. The highest BCUT2D eigenvalue weighted by Crippen LogP contribution is 2.33. The van der Waals surface area contributed by atoms with Crippen LogP contribution in [-0.4, -0.2) is 16.9 Å². The highest BCUT2D eigenvalue weighted by Gasteiger charge is 2.24. The summed E-state index contributed by atoms with van der Waals surface area (Å²) in [6, 6.07) is 2.01. The predicted octanol–water partition coefficient (Wildman–Crippen LogP) is 2.76. The van der Waals surface area contributed by atoms with E-state index in [-0.39, 0.29) is 5.54 Å². The molecule has 2 heteroatoms. The van der Waals surface area contributed by atoms with Crippen LogP contribution in [0.2, 0.25) is 0 Å². The molecule has 80 valence electrons. The Bertz CT molecular complexity index is 444. The lowest BCUT2D eigenvalue weighted by molar-refractivity contribution is 0.461. The number of hydrogen-bond donors (Lipinski definition) is 1. The number of rotatable bonds is 0. The number of aliphatic imine (C=N–C) groups is 1. The second kappa shape index (κ2) is 3.09. The van der Waals surface area contributed by atoms with Crippen molar-refractivity contribution in [3.05, 3.63) is 28.3 Å². The molecule has 0 fully saturated rings. The van der Waals surface area contributed by atoms with Gasteiger partial charge in [-0.05, 0) is 62.4 Å². The molecule has 2 rings (SSSR count). The number of aromatic hydroxyl groups is 1. The number of benzene rings is 1. The zero-order valence-corrected chi connectivity index (χ0v) is 9.76. The maximum absolute atomic E-state index is 9.89. The van der Waals surface area contributed by atoms with Gasteiger partial charge in [0.1, 0.15) is 5.75 Å². The Hall–Kier alpha value is -1.31. The zero-order valence-electron chi connectivity index (χ0n) is 9.76. The molecule has 0 bridgehead atoms. The standard InChI is InChI=1S/C13H17NO/c1-8-5-10-7-14-13(3,4)6-11(10)9(2)12(8)15/h5,7,15H,6H2,1-4H3. The van der Waals surface area contributed by atoms with Gasteiger partial charge in [0.05, 0.1) is 5.54 Å². The molecule has 1 aromatic carbocycles. The topological polar surface area (TPSA) is 32.6 Å². The van der Waals surface area contributed by atoms with Gasteiger partial charge < -0.3 is 5.11 Å².